The van der Waals surface area contributed by atoms with Crippen molar-refractivity contribution in [1.82, 2.24) is 0 Å². The number of rotatable bonds is 0. The zero-order valence-electron chi connectivity index (χ0n) is 12.7. The predicted molar refractivity (Wildman–Crippen MR) is 90.9 cm³/mol. The molecule has 0 spiro atoms. The van der Waals surface area contributed by atoms with Crippen LogP contribution in [-0.2, 0) is 0 Å². The summed E-state index contributed by atoms with van der Waals surface area (Å²) in [5, 5.41) is 25.0. The van der Waals surface area contributed by atoms with Gasteiger partial charge in [-0.05, 0) is 57.6 Å². The molecule has 2 N–H and O–H groups in total. The summed E-state index contributed by atoms with van der Waals surface area (Å²) in [6.45, 7) is 4.25. The normalized spacial score (nSPS) is 20.5. The van der Waals surface area contributed by atoms with Crippen LogP contribution >= 0.6 is 0 Å². The van der Waals surface area contributed by atoms with E-state index in [1.54, 1.807) is 6.08 Å². The zero-order chi connectivity index (χ0) is 15.4. The molecule has 0 bridgehead atoms. The smallest absolute Gasteiger partial charge is 0.109 e. The first-order chi connectivity index (χ1) is 10.6. The molecule has 0 aromatic heterocycles. The third kappa shape index (κ3) is 1.75. The second kappa shape index (κ2) is 4.67. The molecular formula is C20H18O2. The Hall–Kier alpha value is -2.16. The van der Waals surface area contributed by atoms with Crippen LogP contribution in [0.3, 0.4) is 0 Å². The van der Waals surface area contributed by atoms with Gasteiger partial charge in [0.05, 0.1) is 0 Å². The summed E-state index contributed by atoms with van der Waals surface area (Å²) in [7, 11) is 0. The molecule has 1 aliphatic carbocycles. The highest BCUT2D eigenvalue weighted by Crippen LogP contribution is 2.38. The summed E-state index contributed by atoms with van der Waals surface area (Å²) in [4.78, 5) is 0. The average Bonchev–Trinajstić information content (AvgIpc) is 2.53. The van der Waals surface area contributed by atoms with E-state index in [1.807, 2.05) is 18.2 Å². The van der Waals surface area contributed by atoms with Gasteiger partial charge in [0.1, 0.15) is 12.2 Å². The maximum absolute atomic E-state index is 10.3. The van der Waals surface area contributed by atoms with Crippen LogP contribution in [-0.4, -0.2) is 16.3 Å². The van der Waals surface area contributed by atoms with Crippen LogP contribution in [0.25, 0.3) is 27.6 Å². The Morgan fingerprint density at radius 2 is 1.55 bits per heavy atom. The summed E-state index contributed by atoms with van der Waals surface area (Å²) >= 11 is 0. The molecule has 0 saturated heterocycles. The van der Waals surface area contributed by atoms with E-state index in [0.29, 0.717) is 0 Å². The summed E-state index contributed by atoms with van der Waals surface area (Å²) in [5.41, 5.74) is 4.31. The van der Waals surface area contributed by atoms with Gasteiger partial charge in [0.15, 0.2) is 0 Å². The fourth-order valence-electron chi connectivity index (χ4n) is 3.54. The molecular weight excluding hydrogens is 272 g/mol. The fourth-order valence-corrected chi connectivity index (χ4v) is 3.54. The quantitative estimate of drug-likeness (QED) is 0.614. The van der Waals surface area contributed by atoms with E-state index in [0.717, 1.165) is 16.5 Å². The molecule has 3 aromatic rings. The molecule has 2 nitrogen and oxygen atoms in total. The highest BCUT2D eigenvalue weighted by molar-refractivity contribution is 6.14. The number of aliphatic hydroxyl groups is 2. The van der Waals surface area contributed by atoms with Crippen molar-refractivity contribution in [2.24, 2.45) is 0 Å². The maximum Gasteiger partial charge on any atom is 0.109 e. The fraction of sp³-hybridized carbons (Fsp3) is 0.200. The minimum atomic E-state index is -0.857. The van der Waals surface area contributed by atoms with Crippen LogP contribution in [0.2, 0.25) is 0 Å². The van der Waals surface area contributed by atoms with Crippen LogP contribution in [0.4, 0.5) is 0 Å². The van der Waals surface area contributed by atoms with Crippen molar-refractivity contribution < 1.29 is 10.2 Å². The Bertz CT molecular complexity index is 937. The maximum atomic E-state index is 10.3. The standard InChI is InChI=1S/C20H18O2/c1-11-3-4-12(2)18-14(11)7-5-13-6-8-16-15(19(13)18)9-10-17(21)20(16)22/h3-10,17,20-22H,1-2H3/t17-,20-/m1/s1. The van der Waals surface area contributed by atoms with Crippen LogP contribution in [0.5, 0.6) is 0 Å². The highest BCUT2D eigenvalue weighted by atomic mass is 16.3. The Morgan fingerprint density at radius 3 is 2.36 bits per heavy atom. The second-order valence-corrected chi connectivity index (χ2v) is 6.15. The van der Waals surface area contributed by atoms with Crippen molar-refractivity contribution in [2.45, 2.75) is 26.1 Å². The lowest BCUT2D eigenvalue weighted by Gasteiger charge is -2.24. The minimum Gasteiger partial charge on any atom is -0.386 e. The molecule has 2 heteroatoms. The molecule has 110 valence electrons. The summed E-state index contributed by atoms with van der Waals surface area (Å²) in [6.07, 6.45) is 1.93. The molecule has 0 heterocycles. The lowest BCUT2D eigenvalue weighted by molar-refractivity contribution is 0.0471. The Kier molecular flexibility index (Phi) is 2.86. The lowest BCUT2D eigenvalue weighted by atomic mass is 9.85. The third-order valence-electron chi connectivity index (χ3n) is 4.77. The molecule has 4 rings (SSSR count). The van der Waals surface area contributed by atoms with E-state index < -0.39 is 12.2 Å². The summed E-state index contributed by atoms with van der Waals surface area (Å²) < 4.78 is 0. The van der Waals surface area contributed by atoms with Crippen molar-refractivity contribution in [3.63, 3.8) is 0 Å². The van der Waals surface area contributed by atoms with Crippen molar-refractivity contribution in [3.8, 4) is 0 Å². The third-order valence-corrected chi connectivity index (χ3v) is 4.77. The van der Waals surface area contributed by atoms with Gasteiger partial charge >= 0.3 is 0 Å². The number of hydrogen-bond donors (Lipinski definition) is 2. The van der Waals surface area contributed by atoms with Crippen molar-refractivity contribution >= 4 is 27.6 Å². The largest absolute Gasteiger partial charge is 0.386 e. The second-order valence-electron chi connectivity index (χ2n) is 6.15. The van der Waals surface area contributed by atoms with Gasteiger partial charge in [-0.25, -0.2) is 0 Å². The molecule has 0 fully saturated rings. The van der Waals surface area contributed by atoms with Crippen LogP contribution in [0.1, 0.15) is 28.4 Å². The highest BCUT2D eigenvalue weighted by Gasteiger charge is 2.24. The Balaban J connectivity index is 2.24. The first-order valence-electron chi connectivity index (χ1n) is 7.58. The SMILES string of the molecule is Cc1ccc(C)c2c1ccc1ccc3c(c12)C=C[C@@H](O)[C@@H]3O. The van der Waals surface area contributed by atoms with Gasteiger partial charge in [0, 0.05) is 0 Å². The van der Waals surface area contributed by atoms with Crippen LogP contribution < -0.4 is 0 Å². The van der Waals surface area contributed by atoms with Crippen LogP contribution in [0.15, 0.2) is 42.5 Å². The number of aryl methyl sites for hydroxylation is 2. The van der Waals surface area contributed by atoms with Gasteiger partial charge in [-0.3, -0.25) is 0 Å². The minimum absolute atomic E-state index is 0.802. The van der Waals surface area contributed by atoms with Gasteiger partial charge in [-0.15, -0.1) is 0 Å². The molecule has 0 aliphatic heterocycles. The number of benzene rings is 3. The molecule has 2 atom stereocenters. The lowest BCUT2D eigenvalue weighted by Crippen LogP contribution is -2.19. The Labute approximate surface area is 129 Å². The van der Waals surface area contributed by atoms with E-state index in [-0.39, 0.29) is 0 Å². The molecule has 0 radical (unpaired) electrons. The van der Waals surface area contributed by atoms with Gasteiger partial charge in [0.25, 0.3) is 0 Å². The molecule has 0 unspecified atom stereocenters. The van der Waals surface area contributed by atoms with E-state index in [2.05, 4.69) is 38.1 Å². The topological polar surface area (TPSA) is 40.5 Å². The molecule has 1 aliphatic rings. The van der Waals surface area contributed by atoms with E-state index in [1.165, 1.54) is 27.3 Å². The zero-order valence-corrected chi connectivity index (χ0v) is 12.7. The molecule has 22 heavy (non-hydrogen) atoms. The average molecular weight is 290 g/mol. The monoisotopic (exact) mass is 290 g/mol. The first kappa shape index (κ1) is 13.5. The predicted octanol–water partition coefficient (Wildman–Crippen LogP) is 4.03. The number of fused-ring (bicyclic) bond motifs is 5. The van der Waals surface area contributed by atoms with Gasteiger partial charge in [0.2, 0.25) is 0 Å². The van der Waals surface area contributed by atoms with E-state index >= 15 is 0 Å². The summed E-state index contributed by atoms with van der Waals surface area (Å²) in [5.74, 6) is 0. The summed E-state index contributed by atoms with van der Waals surface area (Å²) in [6, 6.07) is 12.6. The van der Waals surface area contributed by atoms with Gasteiger partial charge in [-0.1, -0.05) is 48.6 Å². The molecule has 0 amide bonds. The number of hydrogen-bond acceptors (Lipinski definition) is 2. The van der Waals surface area contributed by atoms with Crippen molar-refractivity contribution in [3.05, 3.63) is 64.7 Å². The Morgan fingerprint density at radius 1 is 0.818 bits per heavy atom. The first-order valence-corrected chi connectivity index (χ1v) is 7.58. The van der Waals surface area contributed by atoms with Gasteiger partial charge in [-0.2, -0.15) is 0 Å². The molecule has 0 saturated carbocycles. The van der Waals surface area contributed by atoms with Crippen LogP contribution in [0, 0.1) is 13.8 Å². The van der Waals surface area contributed by atoms with Gasteiger partial charge < -0.3 is 10.2 Å². The van der Waals surface area contributed by atoms with Crippen molar-refractivity contribution in [2.75, 3.05) is 0 Å². The van der Waals surface area contributed by atoms with E-state index in [9.17, 15) is 10.2 Å². The van der Waals surface area contributed by atoms with Crippen molar-refractivity contribution in [1.29, 1.82) is 0 Å². The van der Waals surface area contributed by atoms with E-state index in [4.69, 9.17) is 0 Å². The number of aliphatic hydroxyl groups excluding tert-OH is 2. The molecule has 3 aromatic carbocycles.